The molecule has 4 N–H and O–H groups in total. The van der Waals surface area contributed by atoms with E-state index in [1.54, 1.807) is 18.2 Å². The fraction of sp³-hybridized carbons (Fsp3) is 0.429. The molecule has 152 valence electrons. The van der Waals surface area contributed by atoms with E-state index < -0.39 is 12.2 Å². The molecule has 3 rings (SSSR count). The van der Waals surface area contributed by atoms with E-state index in [0.29, 0.717) is 37.0 Å². The van der Waals surface area contributed by atoms with Gasteiger partial charge >= 0.3 is 0 Å². The highest BCUT2D eigenvalue weighted by Gasteiger charge is 2.30. The molecule has 1 aliphatic rings. The zero-order chi connectivity index (χ0) is 20.3. The van der Waals surface area contributed by atoms with Crippen molar-refractivity contribution in [2.24, 2.45) is 0 Å². The summed E-state index contributed by atoms with van der Waals surface area (Å²) in [7, 11) is 2.91. The number of aliphatic hydroxyl groups excluding tert-OH is 1. The summed E-state index contributed by atoms with van der Waals surface area (Å²) < 4.78 is 16.4. The van der Waals surface area contributed by atoms with Gasteiger partial charge in [0.15, 0.2) is 23.0 Å². The minimum absolute atomic E-state index is 0.0942. The molecule has 0 bridgehead atoms. The van der Waals surface area contributed by atoms with Crippen LogP contribution in [-0.4, -0.2) is 46.9 Å². The van der Waals surface area contributed by atoms with E-state index in [1.807, 2.05) is 6.07 Å². The summed E-state index contributed by atoms with van der Waals surface area (Å²) in [5.41, 5.74) is 1.64. The van der Waals surface area contributed by atoms with Crippen LogP contribution in [0.15, 0.2) is 30.3 Å². The van der Waals surface area contributed by atoms with Crippen LogP contribution in [0.2, 0.25) is 0 Å². The quantitative estimate of drug-likeness (QED) is 0.562. The maximum Gasteiger partial charge on any atom is 0.200 e. The third kappa shape index (κ3) is 4.43. The van der Waals surface area contributed by atoms with Crippen molar-refractivity contribution in [1.29, 1.82) is 0 Å². The van der Waals surface area contributed by atoms with Crippen LogP contribution >= 0.6 is 0 Å². The number of aromatic hydroxyl groups is 3. The summed E-state index contributed by atoms with van der Waals surface area (Å²) in [6.45, 7) is 0. The maximum atomic E-state index is 10.3. The van der Waals surface area contributed by atoms with Crippen molar-refractivity contribution in [3.8, 4) is 28.7 Å². The molecule has 0 radical (unpaired) electrons. The molecule has 1 aliphatic heterocycles. The average molecular weight is 390 g/mol. The second-order valence-electron chi connectivity index (χ2n) is 7.01. The SMILES string of the molecule is COc1cc(CC[C@H]2C[C@H](O)C[C@@H](c3cc(O)c(O)c(OC)c3)O2)ccc1O. The molecule has 3 atom stereocenters. The first kappa shape index (κ1) is 20.1. The van der Waals surface area contributed by atoms with Crippen LogP contribution in [0.1, 0.15) is 36.5 Å². The Morgan fingerprint density at radius 2 is 1.71 bits per heavy atom. The number of aliphatic hydroxyl groups is 1. The standard InChI is InChI=1S/C21H26O7/c1-26-19-7-12(4-6-16(19)23)3-5-15-10-14(22)11-18(28-15)13-8-17(24)21(25)20(9-13)27-2/h4,6-9,14-15,18,22-25H,3,5,10-11H2,1-2H3/t14-,15-,18-/m0/s1. The van der Waals surface area contributed by atoms with E-state index in [0.717, 1.165) is 5.56 Å². The Morgan fingerprint density at radius 3 is 2.43 bits per heavy atom. The Kier molecular flexibility index (Phi) is 6.16. The molecule has 1 fully saturated rings. The molecule has 0 amide bonds. The molecule has 0 saturated carbocycles. The summed E-state index contributed by atoms with van der Waals surface area (Å²) in [4.78, 5) is 0. The van der Waals surface area contributed by atoms with Gasteiger partial charge in [0.2, 0.25) is 5.75 Å². The van der Waals surface area contributed by atoms with Gasteiger partial charge in [-0.05, 0) is 54.7 Å². The van der Waals surface area contributed by atoms with Gasteiger partial charge in [-0.1, -0.05) is 6.07 Å². The van der Waals surface area contributed by atoms with Crippen molar-refractivity contribution in [2.45, 2.75) is 44.0 Å². The third-order valence-corrected chi connectivity index (χ3v) is 5.05. The van der Waals surface area contributed by atoms with Gasteiger partial charge in [0, 0.05) is 6.42 Å². The summed E-state index contributed by atoms with van der Waals surface area (Å²) in [6, 6.07) is 8.26. The van der Waals surface area contributed by atoms with Crippen LogP contribution < -0.4 is 9.47 Å². The molecule has 7 heteroatoms. The van der Waals surface area contributed by atoms with E-state index in [2.05, 4.69) is 0 Å². The van der Waals surface area contributed by atoms with Crippen molar-refractivity contribution < 1.29 is 34.6 Å². The van der Waals surface area contributed by atoms with E-state index in [1.165, 1.54) is 20.3 Å². The number of phenolic OH excluding ortho intramolecular Hbond substituents is 3. The minimum atomic E-state index is -0.528. The molecule has 2 aromatic carbocycles. The van der Waals surface area contributed by atoms with E-state index >= 15 is 0 Å². The topological polar surface area (TPSA) is 109 Å². The van der Waals surface area contributed by atoms with Gasteiger partial charge < -0.3 is 34.6 Å². The highest BCUT2D eigenvalue weighted by Crippen LogP contribution is 2.41. The molecule has 0 aliphatic carbocycles. The van der Waals surface area contributed by atoms with Crippen LogP contribution in [0.4, 0.5) is 0 Å². The number of rotatable bonds is 6. The number of phenols is 3. The Balaban J connectivity index is 1.70. The average Bonchev–Trinajstić information content (AvgIpc) is 2.68. The lowest BCUT2D eigenvalue weighted by atomic mass is 9.93. The van der Waals surface area contributed by atoms with Gasteiger partial charge in [0.05, 0.1) is 32.5 Å². The van der Waals surface area contributed by atoms with Crippen LogP contribution in [0.25, 0.3) is 0 Å². The Labute approximate surface area is 163 Å². The van der Waals surface area contributed by atoms with Gasteiger partial charge in [-0.2, -0.15) is 0 Å². The summed E-state index contributed by atoms with van der Waals surface area (Å²) in [5.74, 6) is 0.0703. The number of hydrogen-bond acceptors (Lipinski definition) is 7. The van der Waals surface area contributed by atoms with Crippen molar-refractivity contribution in [3.63, 3.8) is 0 Å². The van der Waals surface area contributed by atoms with Crippen molar-refractivity contribution in [1.82, 2.24) is 0 Å². The Morgan fingerprint density at radius 1 is 0.964 bits per heavy atom. The summed E-state index contributed by atoms with van der Waals surface area (Å²) in [5, 5.41) is 39.7. The van der Waals surface area contributed by atoms with Crippen molar-refractivity contribution in [3.05, 3.63) is 41.5 Å². The zero-order valence-electron chi connectivity index (χ0n) is 16.0. The lowest BCUT2D eigenvalue weighted by molar-refractivity contribution is -0.0999. The van der Waals surface area contributed by atoms with E-state index in [-0.39, 0.29) is 29.1 Å². The van der Waals surface area contributed by atoms with Crippen molar-refractivity contribution in [2.75, 3.05) is 14.2 Å². The predicted molar refractivity (Wildman–Crippen MR) is 102 cm³/mol. The van der Waals surface area contributed by atoms with Crippen LogP contribution in [0, 0.1) is 0 Å². The first-order valence-corrected chi connectivity index (χ1v) is 9.20. The molecule has 7 nitrogen and oxygen atoms in total. The van der Waals surface area contributed by atoms with E-state index in [9.17, 15) is 20.4 Å². The molecular weight excluding hydrogens is 364 g/mol. The second kappa shape index (κ2) is 8.58. The molecule has 28 heavy (non-hydrogen) atoms. The minimum Gasteiger partial charge on any atom is -0.504 e. The number of ether oxygens (including phenoxy) is 3. The predicted octanol–water partition coefficient (Wildman–Crippen LogP) is 3.03. The fourth-order valence-electron chi connectivity index (χ4n) is 3.55. The molecular formula is C21H26O7. The largest absolute Gasteiger partial charge is 0.504 e. The van der Waals surface area contributed by atoms with E-state index in [4.69, 9.17) is 14.2 Å². The highest BCUT2D eigenvalue weighted by atomic mass is 16.5. The first-order chi connectivity index (χ1) is 13.4. The first-order valence-electron chi connectivity index (χ1n) is 9.20. The van der Waals surface area contributed by atoms with Crippen molar-refractivity contribution >= 4 is 0 Å². The lowest BCUT2D eigenvalue weighted by Crippen LogP contribution is -2.31. The van der Waals surface area contributed by atoms with Gasteiger partial charge in [-0.15, -0.1) is 0 Å². The molecule has 2 aromatic rings. The smallest absolute Gasteiger partial charge is 0.200 e. The summed E-state index contributed by atoms with van der Waals surface area (Å²) >= 11 is 0. The van der Waals surface area contributed by atoms with Crippen LogP contribution in [-0.2, 0) is 11.2 Å². The highest BCUT2D eigenvalue weighted by molar-refractivity contribution is 5.52. The molecule has 0 aromatic heterocycles. The summed E-state index contributed by atoms with van der Waals surface area (Å²) in [6.07, 6.45) is 1.19. The second-order valence-corrected chi connectivity index (χ2v) is 7.01. The maximum absolute atomic E-state index is 10.3. The van der Waals surface area contributed by atoms with Gasteiger partial charge in [0.1, 0.15) is 0 Å². The zero-order valence-corrected chi connectivity index (χ0v) is 16.0. The molecule has 0 unspecified atom stereocenters. The Hall–Kier alpha value is -2.64. The number of aryl methyl sites for hydroxylation is 1. The fourth-order valence-corrected chi connectivity index (χ4v) is 3.55. The Bertz CT molecular complexity index is 821. The van der Waals surface area contributed by atoms with Gasteiger partial charge in [-0.3, -0.25) is 0 Å². The number of benzene rings is 2. The third-order valence-electron chi connectivity index (χ3n) is 5.05. The monoisotopic (exact) mass is 390 g/mol. The van der Waals surface area contributed by atoms with Gasteiger partial charge in [0.25, 0.3) is 0 Å². The molecule has 1 heterocycles. The van der Waals surface area contributed by atoms with Gasteiger partial charge in [-0.25, -0.2) is 0 Å². The van der Waals surface area contributed by atoms with Crippen LogP contribution in [0.3, 0.4) is 0 Å². The van der Waals surface area contributed by atoms with Crippen LogP contribution in [0.5, 0.6) is 28.7 Å². The number of hydrogen-bond donors (Lipinski definition) is 4. The molecule has 1 saturated heterocycles. The lowest BCUT2D eigenvalue weighted by Gasteiger charge is -2.34. The number of methoxy groups -OCH3 is 2. The molecule has 0 spiro atoms. The normalized spacial score (nSPS) is 22.0.